The van der Waals surface area contributed by atoms with Crippen LogP contribution in [0.3, 0.4) is 0 Å². The maximum atomic E-state index is 5.07. The zero-order valence-corrected chi connectivity index (χ0v) is 7.01. The molecular weight excluding hydrogens is 138 g/mol. The molecule has 0 spiro atoms. The second-order valence-electron chi connectivity index (χ2n) is 3.77. The van der Waals surface area contributed by atoms with Crippen molar-refractivity contribution in [1.29, 1.82) is 0 Å². The van der Waals surface area contributed by atoms with E-state index in [1.54, 1.807) is 0 Å². The van der Waals surface area contributed by atoms with Crippen LogP contribution in [0.4, 0.5) is 0 Å². The highest BCUT2D eigenvalue weighted by Gasteiger charge is 2.20. The third-order valence-electron chi connectivity index (χ3n) is 2.85. The van der Waals surface area contributed by atoms with E-state index in [4.69, 9.17) is 4.74 Å². The van der Waals surface area contributed by atoms with Gasteiger partial charge >= 0.3 is 0 Å². The van der Waals surface area contributed by atoms with E-state index < -0.39 is 0 Å². The summed E-state index contributed by atoms with van der Waals surface area (Å²) in [5.41, 5.74) is 0. The number of hydrogen-bond donors (Lipinski definition) is 1. The fourth-order valence-electron chi connectivity index (χ4n) is 1.63. The van der Waals surface area contributed by atoms with E-state index >= 15 is 0 Å². The predicted octanol–water partition coefficient (Wildman–Crippen LogP) is 1.17. The minimum Gasteiger partial charge on any atom is -0.378 e. The summed E-state index contributed by atoms with van der Waals surface area (Å²) >= 11 is 0. The number of ether oxygens (including phenoxy) is 1. The highest BCUT2D eigenvalue weighted by atomic mass is 16.5. The summed E-state index contributed by atoms with van der Waals surface area (Å²) in [7, 11) is 0. The first-order valence-electron chi connectivity index (χ1n) is 4.76. The van der Waals surface area contributed by atoms with Gasteiger partial charge in [0.05, 0.1) is 19.3 Å². The van der Waals surface area contributed by atoms with Crippen LogP contribution in [0.2, 0.25) is 0 Å². The Kier molecular flexibility index (Phi) is 2.44. The van der Waals surface area contributed by atoms with Gasteiger partial charge in [-0.25, -0.2) is 0 Å². The van der Waals surface area contributed by atoms with E-state index in [0.717, 1.165) is 19.1 Å². The Balaban J connectivity index is 1.46. The Morgan fingerprint density at radius 1 is 1.27 bits per heavy atom. The number of rotatable bonds is 4. The average Bonchev–Trinajstić information content (AvgIpc) is 1.79. The van der Waals surface area contributed by atoms with Gasteiger partial charge in [-0.15, -0.1) is 0 Å². The van der Waals surface area contributed by atoms with Crippen molar-refractivity contribution in [3.63, 3.8) is 0 Å². The molecule has 1 saturated carbocycles. The van der Waals surface area contributed by atoms with Gasteiger partial charge in [0, 0.05) is 0 Å². The Morgan fingerprint density at radius 3 is 2.55 bits per heavy atom. The van der Waals surface area contributed by atoms with Gasteiger partial charge in [-0.3, -0.25) is 0 Å². The SMILES string of the molecule is C1CC(CCNC2COC2)C1. The van der Waals surface area contributed by atoms with Crippen molar-refractivity contribution in [3.8, 4) is 0 Å². The standard InChI is InChI=1S/C9H17NO/c1-2-8(3-1)4-5-10-9-6-11-7-9/h8-10H,1-7H2. The summed E-state index contributed by atoms with van der Waals surface area (Å²) in [6.45, 7) is 3.08. The van der Waals surface area contributed by atoms with Gasteiger partial charge in [0.25, 0.3) is 0 Å². The van der Waals surface area contributed by atoms with Gasteiger partial charge in [0.2, 0.25) is 0 Å². The van der Waals surface area contributed by atoms with Crippen molar-refractivity contribution >= 4 is 0 Å². The molecule has 2 aliphatic rings. The lowest BCUT2D eigenvalue weighted by Crippen LogP contribution is -2.46. The molecule has 1 aliphatic heterocycles. The van der Waals surface area contributed by atoms with Crippen molar-refractivity contribution in [3.05, 3.63) is 0 Å². The molecule has 0 bridgehead atoms. The van der Waals surface area contributed by atoms with Gasteiger partial charge in [-0.1, -0.05) is 19.3 Å². The van der Waals surface area contributed by atoms with E-state index in [-0.39, 0.29) is 0 Å². The lowest BCUT2D eigenvalue weighted by atomic mass is 9.83. The van der Waals surface area contributed by atoms with Gasteiger partial charge < -0.3 is 10.1 Å². The highest BCUT2D eigenvalue weighted by Crippen LogP contribution is 2.28. The van der Waals surface area contributed by atoms with E-state index in [9.17, 15) is 0 Å². The molecule has 0 unspecified atom stereocenters. The van der Waals surface area contributed by atoms with Crippen LogP contribution in [-0.4, -0.2) is 25.8 Å². The van der Waals surface area contributed by atoms with Crippen LogP contribution in [0.15, 0.2) is 0 Å². The topological polar surface area (TPSA) is 21.3 Å². The maximum absolute atomic E-state index is 5.07. The molecule has 0 amide bonds. The number of nitrogens with one attached hydrogen (secondary N) is 1. The average molecular weight is 155 g/mol. The minimum absolute atomic E-state index is 0.676. The normalized spacial score (nSPS) is 26.2. The minimum atomic E-state index is 0.676. The van der Waals surface area contributed by atoms with Crippen molar-refractivity contribution in [2.24, 2.45) is 5.92 Å². The first kappa shape index (κ1) is 7.56. The second kappa shape index (κ2) is 3.55. The molecule has 2 heteroatoms. The molecule has 1 saturated heterocycles. The summed E-state index contributed by atoms with van der Waals surface area (Å²) in [5.74, 6) is 1.04. The summed E-state index contributed by atoms with van der Waals surface area (Å²) in [6, 6.07) is 0.676. The second-order valence-corrected chi connectivity index (χ2v) is 3.77. The smallest absolute Gasteiger partial charge is 0.0643 e. The van der Waals surface area contributed by atoms with Crippen LogP contribution in [0.1, 0.15) is 25.7 Å². The molecular formula is C9H17NO. The zero-order chi connectivity index (χ0) is 7.52. The van der Waals surface area contributed by atoms with Gasteiger partial charge in [-0.2, -0.15) is 0 Å². The molecule has 2 fully saturated rings. The van der Waals surface area contributed by atoms with Crippen LogP contribution in [0.25, 0.3) is 0 Å². The van der Waals surface area contributed by atoms with E-state index in [1.165, 1.54) is 32.2 Å². The molecule has 1 aliphatic carbocycles. The molecule has 0 aromatic heterocycles. The Labute approximate surface area is 68.3 Å². The van der Waals surface area contributed by atoms with Crippen LogP contribution in [0, 0.1) is 5.92 Å². The van der Waals surface area contributed by atoms with Crippen LogP contribution >= 0.6 is 0 Å². The zero-order valence-electron chi connectivity index (χ0n) is 7.01. The van der Waals surface area contributed by atoms with E-state index in [0.29, 0.717) is 6.04 Å². The fourth-order valence-corrected chi connectivity index (χ4v) is 1.63. The summed E-state index contributed by atoms with van der Waals surface area (Å²) in [4.78, 5) is 0. The van der Waals surface area contributed by atoms with Crippen LogP contribution in [-0.2, 0) is 4.74 Å². The van der Waals surface area contributed by atoms with E-state index in [1.807, 2.05) is 0 Å². The lowest BCUT2D eigenvalue weighted by molar-refractivity contribution is -0.00570. The van der Waals surface area contributed by atoms with Crippen LogP contribution in [0.5, 0.6) is 0 Å². The molecule has 2 nitrogen and oxygen atoms in total. The molecule has 1 heterocycles. The van der Waals surface area contributed by atoms with Gasteiger partial charge in [0.15, 0.2) is 0 Å². The fraction of sp³-hybridized carbons (Fsp3) is 1.00. The quantitative estimate of drug-likeness (QED) is 0.658. The van der Waals surface area contributed by atoms with Crippen molar-refractivity contribution in [2.45, 2.75) is 31.7 Å². The highest BCUT2D eigenvalue weighted by molar-refractivity contribution is 4.75. The van der Waals surface area contributed by atoms with Gasteiger partial charge in [-0.05, 0) is 18.9 Å². The molecule has 64 valence electrons. The summed E-state index contributed by atoms with van der Waals surface area (Å²) in [6.07, 6.45) is 5.80. The molecule has 0 radical (unpaired) electrons. The Hall–Kier alpha value is -0.0800. The summed E-state index contributed by atoms with van der Waals surface area (Å²) in [5, 5.41) is 3.49. The van der Waals surface area contributed by atoms with Crippen LogP contribution < -0.4 is 5.32 Å². The van der Waals surface area contributed by atoms with E-state index in [2.05, 4.69) is 5.32 Å². The Bertz CT molecular complexity index is 105. The monoisotopic (exact) mass is 155 g/mol. The predicted molar refractivity (Wildman–Crippen MR) is 44.6 cm³/mol. The van der Waals surface area contributed by atoms with Gasteiger partial charge in [0.1, 0.15) is 0 Å². The van der Waals surface area contributed by atoms with Crippen molar-refractivity contribution in [1.82, 2.24) is 5.32 Å². The third-order valence-corrected chi connectivity index (χ3v) is 2.85. The molecule has 0 atom stereocenters. The molecule has 0 aromatic rings. The molecule has 11 heavy (non-hydrogen) atoms. The maximum Gasteiger partial charge on any atom is 0.0643 e. The summed E-state index contributed by atoms with van der Waals surface area (Å²) < 4.78 is 5.07. The largest absolute Gasteiger partial charge is 0.378 e. The molecule has 2 rings (SSSR count). The first-order chi connectivity index (χ1) is 5.45. The Morgan fingerprint density at radius 2 is 2.09 bits per heavy atom. The third kappa shape index (κ3) is 1.94. The molecule has 1 N–H and O–H groups in total. The number of hydrogen-bond acceptors (Lipinski definition) is 2. The lowest BCUT2D eigenvalue weighted by Gasteiger charge is -2.30. The van der Waals surface area contributed by atoms with Crippen molar-refractivity contribution in [2.75, 3.05) is 19.8 Å². The molecule has 0 aromatic carbocycles. The first-order valence-corrected chi connectivity index (χ1v) is 4.76. The van der Waals surface area contributed by atoms with Crippen molar-refractivity contribution < 1.29 is 4.74 Å².